The molecule has 4 heteroatoms. The molecule has 1 aromatic carbocycles. The van der Waals surface area contributed by atoms with Crippen LogP contribution in [0.5, 0.6) is 0 Å². The molecule has 2 nitrogen and oxygen atoms in total. The molecule has 0 saturated carbocycles. The van der Waals surface area contributed by atoms with Gasteiger partial charge in [-0.3, -0.25) is 0 Å². The number of rotatable bonds is 1. The Bertz CT molecular complexity index is 450. The Kier molecular flexibility index (Phi) is 2.22. The van der Waals surface area contributed by atoms with Crippen LogP contribution in [0, 0.1) is 6.92 Å². The average Bonchev–Trinajstić information content (AvgIpc) is 2.42. The van der Waals surface area contributed by atoms with E-state index in [0.29, 0.717) is 0 Å². The maximum atomic E-state index is 6.04. The predicted molar refractivity (Wildman–Crippen MR) is 57.6 cm³/mol. The number of fused-ring (bicyclic) bond motifs is 1. The lowest BCUT2D eigenvalue weighted by atomic mass is 10.3. The number of aromatic amines is 1. The summed E-state index contributed by atoms with van der Waals surface area (Å²) in [6, 6.07) is 3.93. The van der Waals surface area contributed by atoms with E-state index in [1.165, 1.54) is 0 Å². The van der Waals surface area contributed by atoms with E-state index in [4.69, 9.17) is 11.6 Å². The fourth-order valence-electron chi connectivity index (χ4n) is 1.30. The van der Waals surface area contributed by atoms with E-state index in [0.717, 1.165) is 26.8 Å². The quantitative estimate of drug-likeness (QED) is 0.736. The van der Waals surface area contributed by atoms with E-state index in [-0.39, 0.29) is 0 Å². The van der Waals surface area contributed by atoms with Crippen molar-refractivity contribution in [3.63, 3.8) is 0 Å². The number of benzene rings is 1. The lowest BCUT2D eigenvalue weighted by Crippen LogP contribution is -1.75. The first-order valence-corrected chi connectivity index (χ1v) is 5.51. The molecule has 0 saturated heterocycles. The number of aromatic nitrogens is 2. The summed E-state index contributed by atoms with van der Waals surface area (Å²) in [7, 11) is 0. The number of H-pyrrole nitrogens is 1. The topological polar surface area (TPSA) is 28.7 Å². The first kappa shape index (κ1) is 8.91. The number of imidazole rings is 1. The number of halogens is 1. The Morgan fingerprint density at radius 1 is 1.46 bits per heavy atom. The maximum absolute atomic E-state index is 6.04. The molecule has 0 radical (unpaired) electrons. The molecule has 2 aromatic rings. The molecule has 0 bridgehead atoms. The molecule has 0 aliphatic rings. The number of hydrogen-bond acceptors (Lipinski definition) is 2. The molecule has 0 aliphatic carbocycles. The molecule has 1 heterocycles. The lowest BCUT2D eigenvalue weighted by molar-refractivity contribution is 1.17. The van der Waals surface area contributed by atoms with Gasteiger partial charge in [-0.1, -0.05) is 11.6 Å². The van der Waals surface area contributed by atoms with Gasteiger partial charge in [0.25, 0.3) is 0 Å². The number of nitrogens with one attached hydrogen (secondary N) is 1. The van der Waals surface area contributed by atoms with Gasteiger partial charge < -0.3 is 4.98 Å². The fraction of sp³-hybridized carbons (Fsp3) is 0.222. The third-order valence-electron chi connectivity index (χ3n) is 1.87. The first-order valence-electron chi connectivity index (χ1n) is 3.90. The smallest absolute Gasteiger partial charge is 0.104 e. The molecule has 1 aromatic heterocycles. The van der Waals surface area contributed by atoms with Gasteiger partial charge >= 0.3 is 0 Å². The molecular formula is C9H9ClN2S. The summed E-state index contributed by atoms with van der Waals surface area (Å²) in [6.45, 7) is 1.94. The van der Waals surface area contributed by atoms with Crippen molar-refractivity contribution in [3.8, 4) is 0 Å². The molecule has 0 atom stereocenters. The minimum absolute atomic E-state index is 0.781. The zero-order chi connectivity index (χ0) is 9.42. The Balaban J connectivity index is 2.72. The highest BCUT2D eigenvalue weighted by Crippen LogP contribution is 2.29. The van der Waals surface area contributed by atoms with Gasteiger partial charge in [-0.15, -0.1) is 11.8 Å². The summed E-state index contributed by atoms with van der Waals surface area (Å²) in [6.07, 6.45) is 2.01. The molecule has 1 N–H and O–H groups in total. The highest BCUT2D eigenvalue weighted by atomic mass is 35.5. The van der Waals surface area contributed by atoms with Crippen LogP contribution in [0.1, 0.15) is 5.82 Å². The number of hydrogen-bond donors (Lipinski definition) is 1. The van der Waals surface area contributed by atoms with Crippen molar-refractivity contribution in [1.82, 2.24) is 9.97 Å². The van der Waals surface area contributed by atoms with Gasteiger partial charge in [-0.05, 0) is 25.3 Å². The van der Waals surface area contributed by atoms with Crippen LogP contribution in [0.2, 0.25) is 5.02 Å². The van der Waals surface area contributed by atoms with Crippen LogP contribution < -0.4 is 0 Å². The minimum Gasteiger partial charge on any atom is -0.342 e. The highest BCUT2D eigenvalue weighted by Gasteiger charge is 2.04. The van der Waals surface area contributed by atoms with Crippen LogP contribution in [-0.2, 0) is 0 Å². The number of thioether (sulfide) groups is 1. The average molecular weight is 213 g/mol. The van der Waals surface area contributed by atoms with Crippen LogP contribution in [0.15, 0.2) is 17.0 Å². The van der Waals surface area contributed by atoms with Crippen molar-refractivity contribution in [2.45, 2.75) is 11.8 Å². The van der Waals surface area contributed by atoms with E-state index in [9.17, 15) is 0 Å². The van der Waals surface area contributed by atoms with Crippen molar-refractivity contribution >= 4 is 34.4 Å². The van der Waals surface area contributed by atoms with E-state index in [1.807, 2.05) is 25.3 Å². The molecule has 0 amide bonds. The maximum Gasteiger partial charge on any atom is 0.104 e. The summed E-state index contributed by atoms with van der Waals surface area (Å²) >= 11 is 7.68. The van der Waals surface area contributed by atoms with Gasteiger partial charge in [0.2, 0.25) is 0 Å². The summed E-state index contributed by atoms with van der Waals surface area (Å²) in [4.78, 5) is 8.55. The van der Waals surface area contributed by atoms with E-state index in [2.05, 4.69) is 9.97 Å². The third kappa shape index (κ3) is 1.54. The van der Waals surface area contributed by atoms with Crippen molar-refractivity contribution in [3.05, 3.63) is 23.0 Å². The Labute approximate surface area is 85.7 Å². The van der Waals surface area contributed by atoms with Crippen LogP contribution in [-0.4, -0.2) is 16.2 Å². The van der Waals surface area contributed by atoms with Crippen LogP contribution in [0.3, 0.4) is 0 Å². The zero-order valence-electron chi connectivity index (χ0n) is 7.39. The van der Waals surface area contributed by atoms with E-state index >= 15 is 0 Å². The molecule has 68 valence electrons. The Morgan fingerprint density at radius 3 is 2.92 bits per heavy atom. The standard InChI is InChI=1S/C9H9ClN2S/c1-5-11-7-3-6(10)9(13-2)4-8(7)12-5/h3-4H,1-2H3,(H,11,12). The minimum atomic E-state index is 0.781. The summed E-state index contributed by atoms with van der Waals surface area (Å²) in [5.74, 6) is 0.921. The third-order valence-corrected chi connectivity index (χ3v) is 3.08. The normalized spacial score (nSPS) is 11.0. The fourth-order valence-corrected chi connectivity index (χ4v) is 2.17. The molecule has 2 rings (SSSR count). The van der Waals surface area contributed by atoms with Crippen LogP contribution >= 0.6 is 23.4 Å². The van der Waals surface area contributed by atoms with Crippen LogP contribution in [0.4, 0.5) is 0 Å². The van der Waals surface area contributed by atoms with Crippen molar-refractivity contribution in [2.75, 3.05) is 6.26 Å². The van der Waals surface area contributed by atoms with Gasteiger partial charge in [0, 0.05) is 4.90 Å². The molecular weight excluding hydrogens is 204 g/mol. The molecule has 0 fully saturated rings. The summed E-state index contributed by atoms with van der Waals surface area (Å²) in [5, 5.41) is 0.781. The van der Waals surface area contributed by atoms with Gasteiger partial charge in [-0.2, -0.15) is 0 Å². The van der Waals surface area contributed by atoms with Gasteiger partial charge in [0.1, 0.15) is 5.82 Å². The SMILES string of the molecule is CSc1cc2nc(C)[nH]c2cc1Cl. The molecule has 0 aliphatic heterocycles. The van der Waals surface area contributed by atoms with Crippen molar-refractivity contribution < 1.29 is 0 Å². The molecule has 0 spiro atoms. The predicted octanol–water partition coefficient (Wildman–Crippen LogP) is 3.25. The van der Waals surface area contributed by atoms with Gasteiger partial charge in [-0.25, -0.2) is 4.98 Å². The Morgan fingerprint density at radius 2 is 2.23 bits per heavy atom. The molecule has 13 heavy (non-hydrogen) atoms. The Hall–Kier alpha value is -0.670. The van der Waals surface area contributed by atoms with Crippen LogP contribution in [0.25, 0.3) is 11.0 Å². The lowest BCUT2D eigenvalue weighted by Gasteiger charge is -1.98. The first-order chi connectivity index (χ1) is 6.20. The summed E-state index contributed by atoms with van der Waals surface area (Å²) in [5.41, 5.74) is 1.98. The van der Waals surface area contributed by atoms with E-state index < -0.39 is 0 Å². The van der Waals surface area contributed by atoms with Crippen molar-refractivity contribution in [2.24, 2.45) is 0 Å². The number of nitrogens with zero attached hydrogens (tertiary/aromatic N) is 1. The zero-order valence-corrected chi connectivity index (χ0v) is 8.96. The molecule has 0 unspecified atom stereocenters. The van der Waals surface area contributed by atoms with E-state index in [1.54, 1.807) is 11.8 Å². The number of aryl methyl sites for hydroxylation is 1. The second kappa shape index (κ2) is 3.24. The highest BCUT2D eigenvalue weighted by molar-refractivity contribution is 7.98. The monoisotopic (exact) mass is 212 g/mol. The second-order valence-electron chi connectivity index (χ2n) is 2.83. The second-order valence-corrected chi connectivity index (χ2v) is 4.08. The van der Waals surface area contributed by atoms with Crippen molar-refractivity contribution in [1.29, 1.82) is 0 Å². The largest absolute Gasteiger partial charge is 0.342 e. The summed E-state index contributed by atoms with van der Waals surface area (Å²) < 4.78 is 0. The van der Waals surface area contributed by atoms with Gasteiger partial charge in [0.15, 0.2) is 0 Å². The van der Waals surface area contributed by atoms with Gasteiger partial charge in [0.05, 0.1) is 16.1 Å².